The van der Waals surface area contributed by atoms with Gasteiger partial charge >= 0.3 is 0 Å². The maximum atomic E-state index is 15.1. The van der Waals surface area contributed by atoms with Crippen LogP contribution in [0.5, 0.6) is 0 Å². The van der Waals surface area contributed by atoms with Crippen LogP contribution in [-0.2, 0) is 9.59 Å². The minimum atomic E-state index is -0.730. The molecule has 1 fully saturated rings. The number of halogens is 2. The lowest BCUT2D eigenvalue weighted by molar-refractivity contribution is -0.132. The van der Waals surface area contributed by atoms with Crippen molar-refractivity contribution in [3.05, 3.63) is 90.2 Å². The smallest absolute Gasteiger partial charge is 0.241 e. The maximum Gasteiger partial charge on any atom is 0.241 e. The zero-order valence-corrected chi connectivity index (χ0v) is 27.7. The van der Waals surface area contributed by atoms with Gasteiger partial charge in [0.05, 0.1) is 23.3 Å². The molecule has 5 aromatic rings. The number of carbonyl (C=O) groups excluding carboxylic acids is 2. The number of nitrogens with one attached hydrogen (secondary N) is 2. The summed E-state index contributed by atoms with van der Waals surface area (Å²) < 4.78 is 29.3. The SMILES string of the molecule is CS[C@@]1(C(=O)Nc2ccc3[nH]nc(-c4ccnc(C)n4)c3c2)CCN(CC(=O)N2CC=C(c3cc(F)c(-c4ncccn4)cc3F)CC2)C1. The number of aromatic nitrogens is 6. The number of hydrogen-bond acceptors (Lipinski definition) is 9. The number of benzene rings is 2. The van der Waals surface area contributed by atoms with E-state index in [1.54, 1.807) is 29.3 Å². The predicted molar refractivity (Wildman–Crippen MR) is 184 cm³/mol. The highest BCUT2D eigenvalue weighted by molar-refractivity contribution is 8.00. The fraction of sp³-hybridized carbons (Fsp3) is 0.286. The van der Waals surface area contributed by atoms with Crippen LogP contribution in [-0.4, -0.2) is 95.5 Å². The molecule has 0 spiro atoms. The Kier molecular flexibility index (Phi) is 8.90. The first-order valence-electron chi connectivity index (χ1n) is 15.8. The number of aromatic amines is 1. The third kappa shape index (κ3) is 6.53. The van der Waals surface area contributed by atoms with Gasteiger partial charge in [-0.2, -0.15) is 5.10 Å². The first-order valence-corrected chi connectivity index (χ1v) is 17.1. The van der Waals surface area contributed by atoms with Crippen LogP contribution in [0.25, 0.3) is 39.3 Å². The average Bonchev–Trinajstić information content (AvgIpc) is 3.74. The monoisotopic (exact) mass is 681 g/mol. The maximum absolute atomic E-state index is 15.1. The molecule has 1 saturated heterocycles. The summed E-state index contributed by atoms with van der Waals surface area (Å²) in [6.07, 6.45) is 9.30. The summed E-state index contributed by atoms with van der Waals surface area (Å²) in [4.78, 5) is 47.5. The normalized spacial score (nSPS) is 18.1. The van der Waals surface area contributed by atoms with Crippen molar-refractivity contribution >= 4 is 45.7 Å². The lowest BCUT2D eigenvalue weighted by Gasteiger charge is -2.30. The summed E-state index contributed by atoms with van der Waals surface area (Å²) in [5.74, 6) is -0.621. The van der Waals surface area contributed by atoms with Crippen LogP contribution in [0.4, 0.5) is 14.5 Å². The number of carbonyl (C=O) groups is 2. The Morgan fingerprint density at radius 1 is 1.02 bits per heavy atom. The first-order chi connectivity index (χ1) is 23.7. The van der Waals surface area contributed by atoms with Crippen LogP contribution in [0.1, 0.15) is 24.2 Å². The Balaban J connectivity index is 0.981. The molecule has 11 nitrogen and oxygen atoms in total. The molecule has 2 aliphatic heterocycles. The average molecular weight is 682 g/mol. The van der Waals surface area contributed by atoms with Gasteiger partial charge in [-0.05, 0) is 74.1 Å². The second kappa shape index (κ2) is 13.4. The van der Waals surface area contributed by atoms with Crippen LogP contribution in [0.15, 0.2) is 67.1 Å². The van der Waals surface area contributed by atoms with Crippen LogP contribution in [0.3, 0.4) is 0 Å². The van der Waals surface area contributed by atoms with Crippen molar-refractivity contribution in [1.82, 2.24) is 39.9 Å². The largest absolute Gasteiger partial charge is 0.338 e. The van der Waals surface area contributed by atoms with Gasteiger partial charge < -0.3 is 10.2 Å². The van der Waals surface area contributed by atoms with Gasteiger partial charge in [0.25, 0.3) is 0 Å². The fourth-order valence-corrected chi connectivity index (χ4v) is 7.24. The van der Waals surface area contributed by atoms with E-state index >= 15 is 4.39 Å². The van der Waals surface area contributed by atoms with E-state index in [0.717, 1.165) is 17.0 Å². The van der Waals surface area contributed by atoms with Crippen molar-refractivity contribution < 1.29 is 18.4 Å². The van der Waals surface area contributed by atoms with Gasteiger partial charge in [-0.25, -0.2) is 28.7 Å². The van der Waals surface area contributed by atoms with E-state index in [1.165, 1.54) is 30.2 Å². The van der Waals surface area contributed by atoms with Crippen molar-refractivity contribution in [2.24, 2.45) is 0 Å². The molecule has 14 heteroatoms. The van der Waals surface area contributed by atoms with Crippen molar-refractivity contribution in [2.75, 3.05) is 44.3 Å². The van der Waals surface area contributed by atoms with Gasteiger partial charge in [0.15, 0.2) is 5.82 Å². The molecule has 0 bridgehead atoms. The zero-order valence-electron chi connectivity index (χ0n) is 26.9. The Hall–Kier alpha value is -5.08. The van der Waals surface area contributed by atoms with Crippen LogP contribution < -0.4 is 5.32 Å². The molecule has 2 aromatic carbocycles. The van der Waals surface area contributed by atoms with E-state index in [9.17, 15) is 14.0 Å². The minimum absolute atomic E-state index is 0.00234. The predicted octanol–water partition coefficient (Wildman–Crippen LogP) is 5.13. The van der Waals surface area contributed by atoms with Gasteiger partial charge in [0.2, 0.25) is 11.8 Å². The van der Waals surface area contributed by atoms with Gasteiger partial charge in [0.1, 0.15) is 27.9 Å². The number of anilines is 1. The highest BCUT2D eigenvalue weighted by Gasteiger charge is 2.44. The molecule has 2 amide bonds. The van der Waals surface area contributed by atoms with E-state index in [2.05, 4.69) is 35.5 Å². The second-order valence-corrected chi connectivity index (χ2v) is 13.3. The van der Waals surface area contributed by atoms with Crippen molar-refractivity contribution in [1.29, 1.82) is 0 Å². The number of hydrogen-bond donors (Lipinski definition) is 2. The molecule has 0 aliphatic carbocycles. The Morgan fingerprint density at radius 2 is 1.82 bits per heavy atom. The molecular formula is C35H33F2N9O2S. The van der Waals surface area contributed by atoms with Crippen LogP contribution in [0.2, 0.25) is 0 Å². The standard InChI is InChI=1S/C35H33F2N9O2S/c1-21-38-12-6-30(41-21)32-26-16-23(4-5-29(26)43-44-32)42-34(48)35(49-2)9-15-45(20-35)19-31(47)46-13-7-22(8-14-46)24-17-28(37)25(18-27(24)36)33-39-10-3-11-40-33/h3-7,10-12,16-18H,8-9,13-15,19-20H2,1-2H3,(H,42,48)(H,43,44)/t35-/m0/s1. The molecule has 7 rings (SSSR count). The van der Waals surface area contributed by atoms with E-state index < -0.39 is 16.4 Å². The number of nitrogens with zero attached hydrogens (tertiary/aromatic N) is 7. The van der Waals surface area contributed by atoms with E-state index in [4.69, 9.17) is 0 Å². The van der Waals surface area contributed by atoms with Crippen molar-refractivity contribution in [3.63, 3.8) is 0 Å². The molecule has 250 valence electrons. The molecule has 0 radical (unpaired) electrons. The third-order valence-corrected chi connectivity index (χ3v) is 10.4. The molecule has 3 aromatic heterocycles. The summed E-state index contributed by atoms with van der Waals surface area (Å²) in [5, 5.41) is 11.4. The quantitative estimate of drug-likeness (QED) is 0.229. The van der Waals surface area contributed by atoms with Crippen molar-refractivity contribution in [2.45, 2.75) is 24.5 Å². The van der Waals surface area contributed by atoms with E-state index in [-0.39, 0.29) is 41.9 Å². The third-order valence-electron chi connectivity index (χ3n) is 9.08. The van der Waals surface area contributed by atoms with Crippen LogP contribution in [0, 0.1) is 18.6 Å². The second-order valence-electron chi connectivity index (χ2n) is 12.1. The number of fused-ring (bicyclic) bond motifs is 1. The van der Waals surface area contributed by atoms with Crippen LogP contribution >= 0.6 is 11.8 Å². The van der Waals surface area contributed by atoms with Gasteiger partial charge in [0, 0.05) is 61.4 Å². The molecular weight excluding hydrogens is 649 g/mol. The summed E-state index contributed by atoms with van der Waals surface area (Å²) in [6.45, 7) is 3.66. The minimum Gasteiger partial charge on any atom is -0.338 e. The molecule has 1 atom stereocenters. The molecule has 0 unspecified atom stereocenters. The Bertz CT molecular complexity index is 2090. The number of amides is 2. The lowest BCUT2D eigenvalue weighted by atomic mass is 9.97. The fourth-order valence-electron chi connectivity index (χ4n) is 6.39. The van der Waals surface area contributed by atoms with Gasteiger partial charge in [-0.1, -0.05) is 6.08 Å². The Morgan fingerprint density at radius 3 is 2.57 bits per heavy atom. The topological polar surface area (TPSA) is 133 Å². The summed E-state index contributed by atoms with van der Waals surface area (Å²) in [7, 11) is 0. The number of aryl methyl sites for hydroxylation is 1. The van der Waals surface area contributed by atoms with E-state index in [1.807, 2.05) is 36.3 Å². The molecule has 5 heterocycles. The van der Waals surface area contributed by atoms with Gasteiger partial charge in [-0.3, -0.25) is 19.6 Å². The zero-order chi connectivity index (χ0) is 34.1. The summed E-state index contributed by atoms with van der Waals surface area (Å²) in [6, 6.07) is 11.3. The number of rotatable bonds is 8. The highest BCUT2D eigenvalue weighted by atomic mass is 32.2. The molecule has 2 aliphatic rings. The Labute approximate surface area is 285 Å². The molecule has 49 heavy (non-hydrogen) atoms. The molecule has 2 N–H and O–H groups in total. The van der Waals surface area contributed by atoms with E-state index in [0.29, 0.717) is 60.9 Å². The first kappa shape index (κ1) is 32.5. The lowest BCUT2D eigenvalue weighted by Crippen LogP contribution is -2.45. The number of H-pyrrole nitrogens is 1. The summed E-state index contributed by atoms with van der Waals surface area (Å²) in [5.41, 5.74) is 3.65. The summed E-state index contributed by atoms with van der Waals surface area (Å²) >= 11 is 1.48. The number of thioether (sulfide) groups is 1. The molecule has 0 saturated carbocycles. The highest BCUT2D eigenvalue weighted by Crippen LogP contribution is 2.36. The number of likely N-dealkylation sites (tertiary alicyclic amines) is 1. The van der Waals surface area contributed by atoms with Crippen molar-refractivity contribution in [3.8, 4) is 22.8 Å². The van der Waals surface area contributed by atoms with Gasteiger partial charge in [-0.15, -0.1) is 11.8 Å².